The highest BCUT2D eigenvalue weighted by Crippen LogP contribution is 2.37. The summed E-state index contributed by atoms with van der Waals surface area (Å²) in [5.41, 5.74) is -0.984. The molecule has 166 valence electrons. The molecule has 0 radical (unpaired) electrons. The Balaban J connectivity index is 2.39. The fourth-order valence-electron chi connectivity index (χ4n) is 2.73. The SMILES string of the molecule is CC(=O)OC[C@@H]1O[C@@H](SC2=NC(=O)CS2)[C@@H](OC(C)=O)[C@@H](OC(C)=O)[C@@H]1OC(C)=O. The molecule has 0 aliphatic carbocycles. The third-order valence-corrected chi connectivity index (χ3v) is 5.98. The van der Waals surface area contributed by atoms with Crippen LogP contribution in [0.2, 0.25) is 0 Å². The average molecular weight is 463 g/mol. The maximum absolute atomic E-state index is 11.7. The average Bonchev–Trinajstić information content (AvgIpc) is 3.02. The zero-order valence-electron chi connectivity index (χ0n) is 16.6. The molecule has 0 N–H and O–H groups in total. The van der Waals surface area contributed by atoms with Crippen molar-refractivity contribution in [2.75, 3.05) is 12.4 Å². The maximum Gasteiger partial charge on any atom is 0.303 e. The van der Waals surface area contributed by atoms with E-state index in [4.69, 9.17) is 23.7 Å². The normalized spacial score (nSPS) is 28.3. The van der Waals surface area contributed by atoms with E-state index in [1.165, 1.54) is 18.7 Å². The highest BCUT2D eigenvalue weighted by Gasteiger charge is 2.52. The van der Waals surface area contributed by atoms with E-state index < -0.39 is 53.7 Å². The van der Waals surface area contributed by atoms with E-state index >= 15 is 0 Å². The molecule has 0 aromatic carbocycles. The van der Waals surface area contributed by atoms with Crippen LogP contribution >= 0.6 is 23.5 Å². The van der Waals surface area contributed by atoms with Gasteiger partial charge >= 0.3 is 23.9 Å². The van der Waals surface area contributed by atoms with Gasteiger partial charge in [-0.15, -0.1) is 0 Å². The zero-order valence-corrected chi connectivity index (χ0v) is 18.3. The number of nitrogens with zero attached hydrogens (tertiary/aromatic N) is 1. The molecular formula is C17H21NO10S2. The van der Waals surface area contributed by atoms with Crippen molar-refractivity contribution in [1.29, 1.82) is 0 Å². The van der Waals surface area contributed by atoms with Gasteiger partial charge in [0.05, 0.1) is 5.75 Å². The predicted octanol–water partition coefficient (Wildman–Crippen LogP) is 0.432. The first-order valence-electron chi connectivity index (χ1n) is 8.78. The number of carbonyl (C=O) groups is 5. The van der Waals surface area contributed by atoms with Crippen molar-refractivity contribution in [3.8, 4) is 0 Å². The molecule has 5 atom stereocenters. The van der Waals surface area contributed by atoms with Crippen LogP contribution in [-0.4, -0.2) is 76.4 Å². The van der Waals surface area contributed by atoms with Crippen LogP contribution in [0.1, 0.15) is 27.7 Å². The first kappa shape index (κ1) is 24.2. The number of esters is 4. The van der Waals surface area contributed by atoms with Crippen molar-refractivity contribution in [1.82, 2.24) is 0 Å². The highest BCUT2D eigenvalue weighted by atomic mass is 32.2. The van der Waals surface area contributed by atoms with Crippen LogP contribution in [0.15, 0.2) is 4.99 Å². The second-order valence-corrected chi connectivity index (χ2v) is 8.56. The molecule has 0 aromatic rings. The number of carbonyl (C=O) groups excluding carboxylic acids is 5. The summed E-state index contributed by atoms with van der Waals surface area (Å²) in [5.74, 6) is -2.88. The molecule has 1 saturated heterocycles. The van der Waals surface area contributed by atoms with Gasteiger partial charge in [-0.1, -0.05) is 23.5 Å². The van der Waals surface area contributed by atoms with Crippen LogP contribution in [0, 0.1) is 0 Å². The lowest BCUT2D eigenvalue weighted by atomic mass is 9.99. The lowest BCUT2D eigenvalue weighted by Gasteiger charge is -2.44. The Hall–Kier alpha value is -2.12. The van der Waals surface area contributed by atoms with E-state index in [9.17, 15) is 24.0 Å². The largest absolute Gasteiger partial charge is 0.463 e. The minimum absolute atomic E-state index is 0.160. The zero-order chi connectivity index (χ0) is 22.4. The van der Waals surface area contributed by atoms with E-state index in [-0.39, 0.29) is 18.3 Å². The standard InChI is InChI=1S/C17H21NO10S2/c1-7(19)24-5-11-13(25-8(2)20)14(26-9(3)21)15(27-10(4)22)16(28-11)30-17-18-12(23)6-29-17/h11,13-16H,5-6H2,1-4H3/t11-,13+,14-,15-,16-/m0/s1. The number of hydrogen-bond donors (Lipinski definition) is 0. The molecule has 0 bridgehead atoms. The number of ether oxygens (including phenoxy) is 5. The molecule has 0 aromatic heterocycles. The Bertz CT molecular complexity index is 755. The topological polar surface area (TPSA) is 144 Å². The van der Waals surface area contributed by atoms with Gasteiger partial charge in [0.1, 0.15) is 17.1 Å². The quantitative estimate of drug-likeness (QED) is 0.398. The van der Waals surface area contributed by atoms with Crippen molar-refractivity contribution in [3.05, 3.63) is 0 Å². The molecule has 13 heteroatoms. The van der Waals surface area contributed by atoms with E-state index in [2.05, 4.69) is 4.99 Å². The fraction of sp³-hybridized carbons (Fsp3) is 0.647. The third kappa shape index (κ3) is 6.99. The Morgan fingerprint density at radius 3 is 2.03 bits per heavy atom. The van der Waals surface area contributed by atoms with Gasteiger partial charge in [0, 0.05) is 27.7 Å². The molecule has 2 rings (SSSR count). The predicted molar refractivity (Wildman–Crippen MR) is 104 cm³/mol. The number of amides is 1. The first-order valence-corrected chi connectivity index (χ1v) is 10.6. The summed E-state index contributed by atoms with van der Waals surface area (Å²) in [6.45, 7) is 4.32. The summed E-state index contributed by atoms with van der Waals surface area (Å²) in [6, 6.07) is 0. The van der Waals surface area contributed by atoms with Gasteiger partial charge < -0.3 is 23.7 Å². The van der Waals surface area contributed by atoms with E-state index in [0.29, 0.717) is 4.38 Å². The number of hydrogen-bond acceptors (Lipinski definition) is 12. The Kier molecular flexibility index (Phi) is 8.67. The molecule has 30 heavy (non-hydrogen) atoms. The first-order chi connectivity index (χ1) is 14.1. The highest BCUT2D eigenvalue weighted by molar-refractivity contribution is 8.39. The van der Waals surface area contributed by atoms with Crippen molar-refractivity contribution < 1.29 is 47.7 Å². The minimum Gasteiger partial charge on any atom is -0.463 e. The molecule has 0 spiro atoms. The summed E-state index contributed by atoms with van der Waals surface area (Å²) in [4.78, 5) is 61.7. The molecule has 1 fully saturated rings. The van der Waals surface area contributed by atoms with Crippen molar-refractivity contribution in [2.45, 2.75) is 57.5 Å². The molecule has 2 heterocycles. The second kappa shape index (κ2) is 10.8. The molecule has 2 aliphatic rings. The third-order valence-electron chi connectivity index (χ3n) is 3.70. The van der Waals surface area contributed by atoms with Crippen molar-refractivity contribution >= 4 is 57.7 Å². The summed E-state index contributed by atoms with van der Waals surface area (Å²) in [6.07, 6.45) is -4.68. The van der Waals surface area contributed by atoms with Crippen LogP contribution < -0.4 is 0 Å². The summed E-state index contributed by atoms with van der Waals surface area (Å²) >= 11 is 2.17. The van der Waals surface area contributed by atoms with Crippen LogP contribution in [0.25, 0.3) is 0 Å². The summed E-state index contributed by atoms with van der Waals surface area (Å²) in [5, 5.41) is 0. The van der Waals surface area contributed by atoms with Gasteiger partial charge in [-0.25, -0.2) is 0 Å². The summed E-state index contributed by atoms with van der Waals surface area (Å²) in [7, 11) is 0. The molecule has 0 saturated carbocycles. The molecule has 2 aliphatic heterocycles. The van der Waals surface area contributed by atoms with Crippen molar-refractivity contribution in [2.24, 2.45) is 4.99 Å². The van der Waals surface area contributed by atoms with Gasteiger partial charge in [-0.05, 0) is 0 Å². The smallest absolute Gasteiger partial charge is 0.303 e. The molecule has 1 amide bonds. The maximum atomic E-state index is 11.7. The number of thioether (sulfide) groups is 2. The van der Waals surface area contributed by atoms with Gasteiger partial charge in [0.15, 0.2) is 23.7 Å². The van der Waals surface area contributed by atoms with Gasteiger partial charge in [0.2, 0.25) is 0 Å². The van der Waals surface area contributed by atoms with Gasteiger partial charge in [0.25, 0.3) is 5.91 Å². The Morgan fingerprint density at radius 1 is 0.967 bits per heavy atom. The van der Waals surface area contributed by atoms with Crippen LogP contribution in [0.3, 0.4) is 0 Å². The van der Waals surface area contributed by atoms with E-state index in [0.717, 1.165) is 32.5 Å². The number of aliphatic imine (C=N–C) groups is 1. The Labute approximate surface area is 180 Å². The van der Waals surface area contributed by atoms with E-state index in [1.807, 2.05) is 0 Å². The van der Waals surface area contributed by atoms with Crippen LogP contribution in [-0.2, 0) is 47.7 Å². The molecule has 0 unspecified atom stereocenters. The monoisotopic (exact) mass is 463 g/mol. The van der Waals surface area contributed by atoms with Gasteiger partial charge in [-0.2, -0.15) is 4.99 Å². The minimum atomic E-state index is -1.25. The number of rotatable bonds is 6. The van der Waals surface area contributed by atoms with Crippen molar-refractivity contribution in [3.63, 3.8) is 0 Å². The lowest BCUT2D eigenvalue weighted by Crippen LogP contribution is -2.61. The second-order valence-electron chi connectivity index (χ2n) is 6.25. The fourth-order valence-corrected chi connectivity index (χ4v) is 4.84. The van der Waals surface area contributed by atoms with Gasteiger partial charge in [-0.3, -0.25) is 24.0 Å². The van der Waals surface area contributed by atoms with Crippen LogP contribution in [0.5, 0.6) is 0 Å². The van der Waals surface area contributed by atoms with E-state index in [1.54, 1.807) is 0 Å². The molecule has 11 nitrogen and oxygen atoms in total. The lowest BCUT2D eigenvalue weighted by molar-refractivity contribution is -0.237. The Morgan fingerprint density at radius 2 is 1.53 bits per heavy atom. The summed E-state index contributed by atoms with van der Waals surface area (Å²) < 4.78 is 27.2. The molecular weight excluding hydrogens is 442 g/mol. The van der Waals surface area contributed by atoms with Crippen LogP contribution in [0.4, 0.5) is 0 Å².